The number of amides is 3. The standard InChI is InChI=1S/C15H19N7O2/c1-10-19-21-22(20-10)9-14(23)18-15(24)16-7-6-11-8-17-13-5-3-2-4-12(11)13/h2-5,8,12-13,17H,6-7,9H2,1H3,(H2,16,18,23,24). The van der Waals surface area contributed by atoms with Gasteiger partial charge in [-0.1, -0.05) is 24.3 Å². The van der Waals surface area contributed by atoms with Crippen LogP contribution >= 0.6 is 0 Å². The minimum atomic E-state index is -0.529. The summed E-state index contributed by atoms with van der Waals surface area (Å²) in [5.41, 5.74) is 1.23. The van der Waals surface area contributed by atoms with Crippen molar-refractivity contribution < 1.29 is 9.59 Å². The topological polar surface area (TPSA) is 114 Å². The number of imide groups is 1. The molecule has 24 heavy (non-hydrogen) atoms. The second-order valence-corrected chi connectivity index (χ2v) is 5.63. The van der Waals surface area contributed by atoms with Crippen molar-refractivity contribution in [3.8, 4) is 0 Å². The van der Waals surface area contributed by atoms with Crippen LogP contribution in [-0.2, 0) is 11.3 Å². The minimum absolute atomic E-state index is 0.149. The molecule has 1 aliphatic heterocycles. The molecule has 0 aromatic carbocycles. The number of hydrogen-bond acceptors (Lipinski definition) is 6. The molecule has 2 unspecified atom stereocenters. The third kappa shape index (κ3) is 3.86. The molecule has 2 atom stereocenters. The summed E-state index contributed by atoms with van der Waals surface area (Å²) in [7, 11) is 0. The average molecular weight is 329 g/mol. The highest BCUT2D eigenvalue weighted by molar-refractivity contribution is 5.94. The van der Waals surface area contributed by atoms with Crippen LogP contribution in [-0.4, -0.2) is 44.7 Å². The Balaban J connectivity index is 1.37. The predicted octanol–water partition coefficient (Wildman–Crippen LogP) is -0.205. The number of nitrogens with one attached hydrogen (secondary N) is 3. The monoisotopic (exact) mass is 329 g/mol. The highest BCUT2D eigenvalue weighted by atomic mass is 16.2. The Hall–Kier alpha value is -2.97. The van der Waals surface area contributed by atoms with Crippen molar-refractivity contribution >= 4 is 11.9 Å². The fourth-order valence-electron chi connectivity index (χ4n) is 2.71. The molecule has 2 aliphatic rings. The molecule has 126 valence electrons. The highest BCUT2D eigenvalue weighted by Crippen LogP contribution is 2.27. The molecule has 0 radical (unpaired) electrons. The third-order valence-corrected chi connectivity index (χ3v) is 3.81. The zero-order chi connectivity index (χ0) is 16.9. The van der Waals surface area contributed by atoms with Crippen LogP contribution in [0.1, 0.15) is 12.2 Å². The van der Waals surface area contributed by atoms with E-state index < -0.39 is 11.9 Å². The van der Waals surface area contributed by atoms with E-state index in [-0.39, 0.29) is 6.54 Å². The first kappa shape index (κ1) is 15.9. The average Bonchev–Trinajstić information content (AvgIpc) is 3.14. The zero-order valence-electron chi connectivity index (χ0n) is 13.3. The SMILES string of the molecule is Cc1nnn(CC(=O)NC(=O)NCCC2=CNC3C=CC=CC23)n1. The van der Waals surface area contributed by atoms with Gasteiger partial charge in [0.15, 0.2) is 5.82 Å². The molecule has 3 N–H and O–H groups in total. The lowest BCUT2D eigenvalue weighted by Crippen LogP contribution is -2.41. The van der Waals surface area contributed by atoms with Gasteiger partial charge in [0.25, 0.3) is 5.91 Å². The summed E-state index contributed by atoms with van der Waals surface area (Å²) in [4.78, 5) is 24.6. The number of aromatic nitrogens is 4. The second kappa shape index (κ2) is 7.07. The lowest BCUT2D eigenvalue weighted by Gasteiger charge is -2.19. The van der Waals surface area contributed by atoms with Crippen LogP contribution in [0.5, 0.6) is 0 Å². The van der Waals surface area contributed by atoms with Crippen LogP contribution in [0.4, 0.5) is 4.79 Å². The Labute approximate surface area is 138 Å². The van der Waals surface area contributed by atoms with E-state index in [1.807, 2.05) is 18.4 Å². The van der Waals surface area contributed by atoms with Crippen molar-refractivity contribution in [3.63, 3.8) is 0 Å². The Morgan fingerprint density at radius 2 is 2.17 bits per heavy atom. The molecule has 0 fully saturated rings. The summed E-state index contributed by atoms with van der Waals surface area (Å²) in [5, 5.41) is 19.4. The Bertz CT molecular complexity index is 719. The van der Waals surface area contributed by atoms with Crippen molar-refractivity contribution in [2.24, 2.45) is 5.92 Å². The normalized spacial score (nSPS) is 21.0. The first-order valence-corrected chi connectivity index (χ1v) is 7.74. The quantitative estimate of drug-likeness (QED) is 0.689. The zero-order valence-corrected chi connectivity index (χ0v) is 13.3. The van der Waals surface area contributed by atoms with Crippen LogP contribution in [0.3, 0.4) is 0 Å². The van der Waals surface area contributed by atoms with Gasteiger partial charge >= 0.3 is 6.03 Å². The van der Waals surface area contributed by atoms with Gasteiger partial charge in [0.1, 0.15) is 6.54 Å². The van der Waals surface area contributed by atoms with Crippen molar-refractivity contribution in [1.29, 1.82) is 0 Å². The first-order chi connectivity index (χ1) is 11.6. The van der Waals surface area contributed by atoms with Crippen molar-refractivity contribution in [3.05, 3.63) is 41.9 Å². The molecular formula is C15H19N7O2. The van der Waals surface area contributed by atoms with Gasteiger partial charge < -0.3 is 10.6 Å². The van der Waals surface area contributed by atoms with Gasteiger partial charge in [-0.15, -0.1) is 10.2 Å². The van der Waals surface area contributed by atoms with Crippen molar-refractivity contribution in [1.82, 2.24) is 36.2 Å². The van der Waals surface area contributed by atoms with E-state index >= 15 is 0 Å². The van der Waals surface area contributed by atoms with Gasteiger partial charge in [-0.2, -0.15) is 4.80 Å². The van der Waals surface area contributed by atoms with Gasteiger partial charge in [0.05, 0.1) is 6.04 Å². The molecule has 9 nitrogen and oxygen atoms in total. The molecule has 9 heteroatoms. The van der Waals surface area contributed by atoms with E-state index in [4.69, 9.17) is 0 Å². The number of nitrogens with zero attached hydrogens (tertiary/aromatic N) is 4. The van der Waals surface area contributed by atoms with Crippen LogP contribution < -0.4 is 16.0 Å². The van der Waals surface area contributed by atoms with Gasteiger partial charge in [0.2, 0.25) is 0 Å². The molecule has 3 rings (SSSR count). The first-order valence-electron chi connectivity index (χ1n) is 7.74. The molecule has 1 aliphatic carbocycles. The number of carbonyl (C=O) groups is 2. The smallest absolute Gasteiger partial charge is 0.321 e. The van der Waals surface area contributed by atoms with E-state index in [9.17, 15) is 9.59 Å². The molecule has 1 aromatic rings. The Kier molecular flexibility index (Phi) is 4.69. The van der Waals surface area contributed by atoms with E-state index in [1.165, 1.54) is 5.57 Å². The van der Waals surface area contributed by atoms with Gasteiger partial charge in [-0.3, -0.25) is 10.1 Å². The van der Waals surface area contributed by atoms with Crippen LogP contribution in [0.2, 0.25) is 0 Å². The third-order valence-electron chi connectivity index (χ3n) is 3.81. The summed E-state index contributed by atoms with van der Waals surface area (Å²) >= 11 is 0. The van der Waals surface area contributed by atoms with Crippen LogP contribution in [0, 0.1) is 12.8 Å². The fraction of sp³-hybridized carbons (Fsp3) is 0.400. The molecule has 3 amide bonds. The molecule has 2 heterocycles. The highest BCUT2D eigenvalue weighted by Gasteiger charge is 2.26. The number of aryl methyl sites for hydroxylation is 1. The number of rotatable bonds is 5. The molecule has 0 saturated carbocycles. The van der Waals surface area contributed by atoms with Gasteiger partial charge in [-0.25, -0.2) is 4.79 Å². The van der Waals surface area contributed by atoms with Gasteiger partial charge in [0, 0.05) is 12.5 Å². The number of urea groups is 1. The summed E-state index contributed by atoms with van der Waals surface area (Å²) < 4.78 is 0. The van der Waals surface area contributed by atoms with Crippen LogP contribution in [0.25, 0.3) is 0 Å². The Morgan fingerprint density at radius 3 is 2.96 bits per heavy atom. The lowest BCUT2D eigenvalue weighted by atomic mass is 9.90. The van der Waals surface area contributed by atoms with E-state index in [2.05, 4.69) is 43.5 Å². The maximum Gasteiger partial charge on any atom is 0.321 e. The number of tetrazole rings is 1. The van der Waals surface area contributed by atoms with E-state index in [0.29, 0.717) is 24.3 Å². The maximum absolute atomic E-state index is 11.7. The summed E-state index contributed by atoms with van der Waals surface area (Å²) in [6.45, 7) is 1.97. The number of hydrogen-bond donors (Lipinski definition) is 3. The molecule has 0 bridgehead atoms. The maximum atomic E-state index is 11.7. The summed E-state index contributed by atoms with van der Waals surface area (Å²) in [6, 6.07) is -0.224. The molecule has 1 aromatic heterocycles. The Morgan fingerprint density at radius 1 is 1.33 bits per heavy atom. The number of allylic oxidation sites excluding steroid dienone is 2. The number of fused-ring (bicyclic) bond motifs is 1. The molecule has 0 spiro atoms. The van der Waals surface area contributed by atoms with Crippen LogP contribution in [0.15, 0.2) is 36.1 Å². The molecule has 0 saturated heterocycles. The van der Waals surface area contributed by atoms with Crippen molar-refractivity contribution in [2.75, 3.05) is 6.54 Å². The second-order valence-electron chi connectivity index (χ2n) is 5.63. The van der Waals surface area contributed by atoms with Crippen molar-refractivity contribution in [2.45, 2.75) is 25.9 Å². The summed E-state index contributed by atoms with van der Waals surface area (Å²) in [6.07, 6.45) is 11.0. The molecular weight excluding hydrogens is 310 g/mol. The lowest BCUT2D eigenvalue weighted by molar-refractivity contribution is -0.121. The van der Waals surface area contributed by atoms with Gasteiger partial charge in [-0.05, 0) is 30.3 Å². The largest absolute Gasteiger partial charge is 0.384 e. The number of carbonyl (C=O) groups excluding carboxylic acids is 2. The fourth-order valence-corrected chi connectivity index (χ4v) is 2.71. The van der Waals surface area contributed by atoms with E-state index in [1.54, 1.807) is 6.92 Å². The predicted molar refractivity (Wildman–Crippen MR) is 85.5 cm³/mol. The minimum Gasteiger partial charge on any atom is -0.384 e. The van der Waals surface area contributed by atoms with E-state index in [0.717, 1.165) is 11.2 Å². The summed E-state index contributed by atoms with van der Waals surface area (Å²) in [5.74, 6) is 0.311.